The van der Waals surface area contributed by atoms with Crippen LogP contribution in [0.25, 0.3) is 5.84 Å². The zero-order valence-electron chi connectivity index (χ0n) is 4.62. The summed E-state index contributed by atoms with van der Waals surface area (Å²) in [6.07, 6.45) is 0. The fourth-order valence-corrected chi connectivity index (χ4v) is 0.265. The number of quaternary nitrogens is 2. The number of hydroxylamine groups is 1. The molecular formula is C3H11N3O. The molecule has 0 aliphatic rings. The third kappa shape index (κ3) is 2.52. The summed E-state index contributed by atoms with van der Waals surface area (Å²) in [4.78, 5) is 0. The van der Waals surface area contributed by atoms with Crippen LogP contribution in [-0.4, -0.2) is 13.6 Å². The SMILES string of the molecule is CC[NH+]([O-])[NH+](C)[NH-]. The van der Waals surface area contributed by atoms with Crippen LogP contribution in [0, 0.1) is 5.21 Å². The van der Waals surface area contributed by atoms with E-state index in [-0.39, 0.29) is 10.3 Å². The van der Waals surface area contributed by atoms with Gasteiger partial charge in [0.25, 0.3) is 0 Å². The Morgan fingerprint density at radius 2 is 2.14 bits per heavy atom. The van der Waals surface area contributed by atoms with Gasteiger partial charge < -0.3 is 11.0 Å². The second-order valence-corrected chi connectivity index (χ2v) is 1.40. The van der Waals surface area contributed by atoms with Gasteiger partial charge in [-0.1, -0.05) is 0 Å². The highest BCUT2D eigenvalue weighted by Crippen LogP contribution is 1.27. The van der Waals surface area contributed by atoms with Gasteiger partial charge in [0.2, 0.25) is 0 Å². The molecule has 0 aromatic carbocycles. The lowest BCUT2D eigenvalue weighted by Crippen LogP contribution is -3.53. The molecule has 4 heteroatoms. The Morgan fingerprint density at radius 1 is 1.71 bits per heavy atom. The summed E-state index contributed by atoms with van der Waals surface area (Å²) in [5.74, 6) is 6.75. The number of nitrogens with one attached hydrogen (secondary N) is 3. The molecule has 44 valence electrons. The first-order chi connectivity index (χ1) is 3.18. The predicted molar refractivity (Wildman–Crippen MR) is 26.1 cm³/mol. The lowest BCUT2D eigenvalue weighted by atomic mass is 10.8. The van der Waals surface area contributed by atoms with E-state index in [4.69, 9.17) is 5.84 Å². The fourth-order valence-electron chi connectivity index (χ4n) is 0.265. The third-order valence-corrected chi connectivity index (χ3v) is 0.739. The second-order valence-electron chi connectivity index (χ2n) is 1.40. The lowest BCUT2D eigenvalue weighted by Gasteiger charge is -2.27. The number of hydrogen-bond donors (Lipinski definition) is 2. The molecule has 0 aliphatic carbocycles. The first-order valence-electron chi connectivity index (χ1n) is 2.26. The summed E-state index contributed by atoms with van der Waals surface area (Å²) in [7, 11) is 1.51. The molecule has 7 heavy (non-hydrogen) atoms. The Kier molecular flexibility index (Phi) is 2.86. The van der Waals surface area contributed by atoms with E-state index in [9.17, 15) is 5.21 Å². The van der Waals surface area contributed by atoms with Crippen molar-refractivity contribution in [2.24, 2.45) is 0 Å². The molecule has 0 aromatic rings. The van der Waals surface area contributed by atoms with E-state index in [2.05, 4.69) is 0 Å². The Balaban J connectivity index is 3.14. The van der Waals surface area contributed by atoms with Crippen LogP contribution < -0.4 is 10.3 Å². The van der Waals surface area contributed by atoms with E-state index in [0.29, 0.717) is 6.54 Å². The molecule has 0 aromatic heterocycles. The quantitative estimate of drug-likeness (QED) is 0.384. The van der Waals surface area contributed by atoms with Gasteiger partial charge in [-0.05, 0) is 6.92 Å². The first-order valence-corrected chi connectivity index (χ1v) is 2.26. The van der Waals surface area contributed by atoms with E-state index in [0.717, 1.165) is 0 Å². The monoisotopic (exact) mass is 105 g/mol. The van der Waals surface area contributed by atoms with Crippen molar-refractivity contribution in [2.75, 3.05) is 13.6 Å². The topological polar surface area (TPSA) is 55.7 Å². The van der Waals surface area contributed by atoms with Crippen molar-refractivity contribution in [3.05, 3.63) is 11.0 Å². The molecule has 0 rings (SSSR count). The van der Waals surface area contributed by atoms with E-state index >= 15 is 0 Å². The van der Waals surface area contributed by atoms with Crippen LogP contribution in [0.2, 0.25) is 0 Å². The summed E-state index contributed by atoms with van der Waals surface area (Å²) in [5, 5.41) is 10.4. The molecule has 0 saturated carbocycles. The van der Waals surface area contributed by atoms with Crippen LogP contribution >= 0.6 is 0 Å². The van der Waals surface area contributed by atoms with Gasteiger partial charge in [0.15, 0.2) is 0 Å². The minimum atomic E-state index is -0.0694. The Bertz CT molecular complexity index is 47.4. The Labute approximate surface area is 43.0 Å². The summed E-state index contributed by atoms with van der Waals surface area (Å²) < 4.78 is 0. The standard InChI is InChI=1S/C3H11N3O/c1-3-6(7)5(2)4/h4-6H,3H2,1-2H3. The molecule has 0 radical (unpaired) electrons. The Morgan fingerprint density at radius 3 is 2.14 bits per heavy atom. The van der Waals surface area contributed by atoms with Crippen LogP contribution in [0.1, 0.15) is 6.92 Å². The third-order valence-electron chi connectivity index (χ3n) is 0.739. The molecule has 3 N–H and O–H groups in total. The van der Waals surface area contributed by atoms with E-state index in [1.165, 1.54) is 7.05 Å². The van der Waals surface area contributed by atoms with Crippen molar-refractivity contribution in [3.8, 4) is 0 Å². The van der Waals surface area contributed by atoms with Crippen LogP contribution in [0.3, 0.4) is 0 Å². The average Bonchev–Trinajstić information content (AvgIpc) is 1.65. The van der Waals surface area contributed by atoms with E-state index < -0.39 is 0 Å². The Hall–Kier alpha value is -0.160. The van der Waals surface area contributed by atoms with Crippen molar-refractivity contribution < 1.29 is 10.3 Å². The largest absolute Gasteiger partial charge is 0.584 e. The van der Waals surface area contributed by atoms with Crippen molar-refractivity contribution in [3.63, 3.8) is 0 Å². The molecule has 0 fully saturated rings. The number of rotatable bonds is 2. The van der Waals surface area contributed by atoms with Crippen molar-refractivity contribution in [1.29, 1.82) is 0 Å². The highest BCUT2D eigenvalue weighted by atomic mass is 16.6. The van der Waals surface area contributed by atoms with Gasteiger partial charge in [-0.25, -0.2) is 5.17 Å². The molecular weight excluding hydrogens is 94.1 g/mol. The molecule has 4 nitrogen and oxygen atoms in total. The van der Waals surface area contributed by atoms with Gasteiger partial charge in [0.1, 0.15) is 13.6 Å². The summed E-state index contributed by atoms with van der Waals surface area (Å²) in [6, 6.07) is 0. The summed E-state index contributed by atoms with van der Waals surface area (Å²) in [5.41, 5.74) is 0. The van der Waals surface area contributed by atoms with Gasteiger partial charge in [-0.2, -0.15) is 0 Å². The van der Waals surface area contributed by atoms with Gasteiger partial charge in [-0.15, -0.1) is 0 Å². The fraction of sp³-hybridized carbons (Fsp3) is 1.00. The van der Waals surface area contributed by atoms with Crippen LogP contribution in [0.15, 0.2) is 0 Å². The van der Waals surface area contributed by atoms with Gasteiger partial charge in [0, 0.05) is 0 Å². The summed E-state index contributed by atoms with van der Waals surface area (Å²) in [6.45, 7) is 2.20. The van der Waals surface area contributed by atoms with E-state index in [1.54, 1.807) is 6.92 Å². The minimum absolute atomic E-state index is 0.0694. The molecule has 2 atom stereocenters. The van der Waals surface area contributed by atoms with Crippen molar-refractivity contribution >= 4 is 0 Å². The molecule has 0 saturated heterocycles. The molecule has 0 bridgehead atoms. The average molecular weight is 105 g/mol. The number of hydrogen-bond acceptors (Lipinski definition) is 1. The van der Waals surface area contributed by atoms with Gasteiger partial charge in [-0.3, -0.25) is 5.12 Å². The highest BCUT2D eigenvalue weighted by molar-refractivity contribution is 3.99. The maximum Gasteiger partial charge on any atom is 0.117 e. The molecule has 0 aliphatic heterocycles. The predicted octanol–water partition coefficient (Wildman–Crippen LogP) is -2.21. The van der Waals surface area contributed by atoms with Crippen molar-refractivity contribution in [2.45, 2.75) is 6.92 Å². The molecule has 0 amide bonds. The van der Waals surface area contributed by atoms with Crippen LogP contribution in [0.4, 0.5) is 0 Å². The van der Waals surface area contributed by atoms with Crippen LogP contribution in [0.5, 0.6) is 0 Å². The van der Waals surface area contributed by atoms with Crippen LogP contribution in [-0.2, 0) is 0 Å². The first kappa shape index (κ1) is 6.84. The summed E-state index contributed by atoms with van der Waals surface area (Å²) >= 11 is 0. The highest BCUT2D eigenvalue weighted by Gasteiger charge is 1.88. The van der Waals surface area contributed by atoms with Gasteiger partial charge >= 0.3 is 0 Å². The maximum atomic E-state index is 10.3. The molecule has 2 unspecified atom stereocenters. The maximum absolute atomic E-state index is 10.3. The minimum Gasteiger partial charge on any atom is -0.584 e. The second kappa shape index (κ2) is 2.92. The normalized spacial score (nSPS) is 18.9. The smallest absolute Gasteiger partial charge is 0.117 e. The van der Waals surface area contributed by atoms with Gasteiger partial charge in [0.05, 0.1) is 0 Å². The van der Waals surface area contributed by atoms with E-state index in [1.807, 2.05) is 0 Å². The molecule has 0 heterocycles. The lowest BCUT2D eigenvalue weighted by molar-refractivity contribution is -1.45. The van der Waals surface area contributed by atoms with Crippen molar-refractivity contribution in [1.82, 2.24) is 0 Å². The molecule has 0 spiro atoms. The zero-order chi connectivity index (χ0) is 5.86. The zero-order valence-corrected chi connectivity index (χ0v) is 4.62.